The number of aryl methyl sites for hydroxylation is 1. The Hall–Kier alpha value is -3.19. The maximum Gasteiger partial charge on any atom is 0.311 e. The zero-order valence-electron chi connectivity index (χ0n) is 15.4. The molecule has 8 heteroatoms. The Morgan fingerprint density at radius 3 is 2.57 bits per heavy atom. The van der Waals surface area contributed by atoms with Gasteiger partial charge in [-0.3, -0.25) is 14.4 Å². The number of nitrogens with one attached hydrogen (secondary N) is 1. The monoisotopic (exact) mass is 399 g/mol. The molecule has 1 heterocycles. The highest BCUT2D eigenvalue weighted by molar-refractivity contribution is 6.31. The van der Waals surface area contributed by atoms with E-state index in [2.05, 4.69) is 10.4 Å². The van der Waals surface area contributed by atoms with Gasteiger partial charge in [-0.15, -0.1) is 0 Å². The van der Waals surface area contributed by atoms with Crippen molar-refractivity contribution in [3.05, 3.63) is 69.1 Å². The fourth-order valence-electron chi connectivity index (χ4n) is 2.76. The van der Waals surface area contributed by atoms with Gasteiger partial charge in [-0.2, -0.15) is 5.10 Å². The highest BCUT2D eigenvalue weighted by atomic mass is 35.5. The van der Waals surface area contributed by atoms with Gasteiger partial charge in [0.25, 0.3) is 5.56 Å². The lowest BCUT2D eigenvalue weighted by atomic mass is 10.1. The number of esters is 1. The van der Waals surface area contributed by atoms with Crippen molar-refractivity contribution in [2.45, 2.75) is 19.9 Å². The molecule has 0 unspecified atom stereocenters. The maximum atomic E-state index is 12.7. The van der Waals surface area contributed by atoms with Crippen LogP contribution in [0, 0.1) is 6.92 Å². The average Bonchev–Trinajstić information content (AvgIpc) is 2.68. The van der Waals surface area contributed by atoms with Crippen molar-refractivity contribution in [1.82, 2.24) is 9.78 Å². The number of hydrogen-bond acceptors (Lipinski definition) is 5. The third-order valence-electron chi connectivity index (χ3n) is 4.23. The molecule has 0 saturated carbocycles. The van der Waals surface area contributed by atoms with Gasteiger partial charge < -0.3 is 10.1 Å². The van der Waals surface area contributed by atoms with E-state index in [0.29, 0.717) is 27.2 Å². The van der Waals surface area contributed by atoms with Gasteiger partial charge in [-0.1, -0.05) is 35.9 Å². The van der Waals surface area contributed by atoms with Crippen molar-refractivity contribution in [3.8, 4) is 0 Å². The molecule has 144 valence electrons. The van der Waals surface area contributed by atoms with Crippen molar-refractivity contribution in [2.75, 3.05) is 12.4 Å². The molecule has 3 rings (SSSR count). The van der Waals surface area contributed by atoms with Crippen LogP contribution in [0.1, 0.15) is 11.3 Å². The first-order chi connectivity index (χ1) is 13.4. The third kappa shape index (κ3) is 4.20. The number of carbonyl (C=O) groups is 2. The minimum atomic E-state index is -0.485. The zero-order chi connectivity index (χ0) is 20.3. The van der Waals surface area contributed by atoms with Crippen LogP contribution in [0.2, 0.25) is 5.02 Å². The molecule has 0 aliphatic carbocycles. The summed E-state index contributed by atoms with van der Waals surface area (Å²) >= 11 is 6.07. The molecule has 0 bridgehead atoms. The van der Waals surface area contributed by atoms with Gasteiger partial charge in [0.1, 0.15) is 6.54 Å². The molecule has 0 saturated heterocycles. The number of hydrogen-bond donors (Lipinski definition) is 1. The van der Waals surface area contributed by atoms with Gasteiger partial charge in [-0.05, 0) is 30.7 Å². The quantitative estimate of drug-likeness (QED) is 0.666. The minimum absolute atomic E-state index is 0.105. The maximum absolute atomic E-state index is 12.7. The molecule has 0 aliphatic rings. The van der Waals surface area contributed by atoms with Crippen LogP contribution >= 0.6 is 11.6 Å². The fraction of sp³-hybridized carbons (Fsp3) is 0.200. The van der Waals surface area contributed by atoms with Gasteiger partial charge in [0.2, 0.25) is 5.91 Å². The first kappa shape index (κ1) is 19.6. The lowest BCUT2D eigenvalue weighted by molar-refractivity contribution is -0.139. The van der Waals surface area contributed by atoms with E-state index in [1.54, 1.807) is 42.5 Å². The second kappa shape index (κ2) is 8.22. The van der Waals surface area contributed by atoms with E-state index >= 15 is 0 Å². The van der Waals surface area contributed by atoms with Crippen molar-refractivity contribution in [3.63, 3.8) is 0 Å². The molecule has 0 atom stereocenters. The predicted molar refractivity (Wildman–Crippen MR) is 107 cm³/mol. The number of methoxy groups -OCH3 is 1. The second-order valence-corrected chi connectivity index (χ2v) is 6.63. The number of carbonyl (C=O) groups excluding carboxylic acids is 2. The smallest absolute Gasteiger partial charge is 0.311 e. The number of benzene rings is 2. The number of fused-ring (bicyclic) bond motifs is 1. The molecule has 0 spiro atoms. The van der Waals surface area contributed by atoms with E-state index in [-0.39, 0.29) is 13.0 Å². The van der Waals surface area contributed by atoms with E-state index in [9.17, 15) is 14.4 Å². The number of amides is 1. The van der Waals surface area contributed by atoms with Gasteiger partial charge in [0, 0.05) is 16.1 Å². The van der Waals surface area contributed by atoms with Crippen LogP contribution in [-0.4, -0.2) is 28.8 Å². The summed E-state index contributed by atoms with van der Waals surface area (Å²) in [5.41, 5.74) is 1.36. The summed E-state index contributed by atoms with van der Waals surface area (Å²) in [6, 6.07) is 11.9. The Balaban J connectivity index is 1.92. The molecule has 28 heavy (non-hydrogen) atoms. The van der Waals surface area contributed by atoms with E-state index in [1.165, 1.54) is 7.11 Å². The van der Waals surface area contributed by atoms with E-state index < -0.39 is 17.4 Å². The summed E-state index contributed by atoms with van der Waals surface area (Å²) in [5, 5.41) is 8.37. The molecule has 0 fully saturated rings. The summed E-state index contributed by atoms with van der Waals surface area (Å²) in [6.45, 7) is 1.55. The van der Waals surface area contributed by atoms with E-state index in [0.717, 1.165) is 10.2 Å². The van der Waals surface area contributed by atoms with E-state index in [1.807, 2.05) is 6.92 Å². The summed E-state index contributed by atoms with van der Waals surface area (Å²) in [7, 11) is 1.28. The van der Waals surface area contributed by atoms with Crippen LogP contribution in [0.3, 0.4) is 0 Å². The van der Waals surface area contributed by atoms with Crippen molar-refractivity contribution >= 4 is 39.9 Å². The summed E-state index contributed by atoms with van der Waals surface area (Å²) in [4.78, 5) is 36.8. The van der Waals surface area contributed by atoms with Crippen LogP contribution in [-0.2, 0) is 27.3 Å². The second-order valence-electron chi connectivity index (χ2n) is 6.22. The number of halogens is 1. The van der Waals surface area contributed by atoms with Gasteiger partial charge >= 0.3 is 5.97 Å². The Labute approximate surface area is 165 Å². The Kier molecular flexibility index (Phi) is 5.75. The van der Waals surface area contributed by atoms with Crippen molar-refractivity contribution in [2.24, 2.45) is 0 Å². The highest BCUT2D eigenvalue weighted by Gasteiger charge is 2.15. The van der Waals surface area contributed by atoms with Gasteiger partial charge in [0.05, 0.1) is 24.6 Å². The first-order valence-corrected chi connectivity index (χ1v) is 8.88. The van der Waals surface area contributed by atoms with E-state index in [4.69, 9.17) is 16.3 Å². The normalized spacial score (nSPS) is 10.7. The molecule has 1 aromatic heterocycles. The Bertz CT molecular complexity index is 1120. The minimum Gasteiger partial charge on any atom is -0.469 e. The lowest BCUT2D eigenvalue weighted by Gasteiger charge is -2.11. The van der Waals surface area contributed by atoms with Crippen LogP contribution < -0.4 is 10.9 Å². The standard InChI is InChI=1S/C20H18ClN3O4/c1-12-7-8-13(9-16(12)21)22-18(25)11-24-20(27)15-6-4-3-5-14(15)17(23-24)10-19(26)28-2/h3-9H,10-11H2,1-2H3,(H,22,25). The van der Waals surface area contributed by atoms with Crippen molar-refractivity contribution in [1.29, 1.82) is 0 Å². The summed E-state index contributed by atoms with van der Waals surface area (Å²) in [5.74, 6) is -0.921. The molecule has 2 aromatic carbocycles. The zero-order valence-corrected chi connectivity index (χ0v) is 16.1. The first-order valence-electron chi connectivity index (χ1n) is 8.50. The number of nitrogens with zero attached hydrogens (tertiary/aromatic N) is 2. The topological polar surface area (TPSA) is 90.3 Å². The van der Waals surface area contributed by atoms with Crippen LogP contribution in [0.15, 0.2) is 47.3 Å². The molecule has 3 aromatic rings. The van der Waals surface area contributed by atoms with Crippen molar-refractivity contribution < 1.29 is 14.3 Å². The van der Waals surface area contributed by atoms with Gasteiger partial charge in [-0.25, -0.2) is 4.68 Å². The molecule has 7 nitrogen and oxygen atoms in total. The SMILES string of the molecule is COC(=O)Cc1nn(CC(=O)Nc2ccc(C)c(Cl)c2)c(=O)c2ccccc12. The molecular weight excluding hydrogens is 382 g/mol. The summed E-state index contributed by atoms with van der Waals surface area (Å²) < 4.78 is 5.74. The number of aromatic nitrogens is 2. The Morgan fingerprint density at radius 1 is 1.18 bits per heavy atom. The van der Waals surface area contributed by atoms with Crippen LogP contribution in [0.5, 0.6) is 0 Å². The van der Waals surface area contributed by atoms with Gasteiger partial charge in [0.15, 0.2) is 0 Å². The fourth-order valence-corrected chi connectivity index (χ4v) is 2.94. The average molecular weight is 400 g/mol. The molecule has 1 amide bonds. The largest absolute Gasteiger partial charge is 0.469 e. The predicted octanol–water partition coefficient (Wildman–Crippen LogP) is 2.71. The molecular formula is C20H18ClN3O4. The Morgan fingerprint density at radius 2 is 1.89 bits per heavy atom. The van der Waals surface area contributed by atoms with Crippen LogP contribution in [0.4, 0.5) is 5.69 Å². The van der Waals surface area contributed by atoms with Crippen LogP contribution in [0.25, 0.3) is 10.8 Å². The summed E-state index contributed by atoms with van der Waals surface area (Å²) in [6.07, 6.45) is -0.105. The number of anilines is 1. The highest BCUT2D eigenvalue weighted by Crippen LogP contribution is 2.20. The molecule has 0 radical (unpaired) electrons. The number of ether oxygens (including phenoxy) is 1. The molecule has 1 N–H and O–H groups in total. The molecule has 0 aliphatic heterocycles. The third-order valence-corrected chi connectivity index (χ3v) is 4.64. The number of rotatable bonds is 5. The lowest BCUT2D eigenvalue weighted by Crippen LogP contribution is -2.31.